The number of hydrogen-bond acceptors (Lipinski definition) is 3. The largest absolute Gasteiger partial charge is 0.448 e. The number of carbonyl (C=O) groups is 1. The van der Waals surface area contributed by atoms with Gasteiger partial charge in [-0.2, -0.15) is 0 Å². The van der Waals surface area contributed by atoms with Crippen LogP contribution in [-0.4, -0.2) is 42.9 Å². The van der Waals surface area contributed by atoms with Crippen molar-refractivity contribution in [3.63, 3.8) is 0 Å². The summed E-state index contributed by atoms with van der Waals surface area (Å²) >= 11 is 0. The van der Waals surface area contributed by atoms with Gasteiger partial charge in [0.15, 0.2) is 0 Å². The number of carbonyl (C=O) groups excluding carboxylic acids is 1. The van der Waals surface area contributed by atoms with Crippen molar-refractivity contribution in [1.82, 2.24) is 4.90 Å². The van der Waals surface area contributed by atoms with Crippen LogP contribution in [0.15, 0.2) is 71.8 Å². The number of allylic oxidation sites excluding steroid dienone is 2. The summed E-state index contributed by atoms with van der Waals surface area (Å²) in [4.78, 5) is 15.0. The number of fused-ring (bicyclic) bond motifs is 5. The highest BCUT2D eigenvalue weighted by Gasteiger charge is 2.39. The molecule has 1 saturated heterocycles. The van der Waals surface area contributed by atoms with Crippen molar-refractivity contribution >= 4 is 6.09 Å². The van der Waals surface area contributed by atoms with E-state index in [9.17, 15) is 4.79 Å². The van der Waals surface area contributed by atoms with Crippen LogP contribution in [0.3, 0.4) is 0 Å². The quantitative estimate of drug-likeness (QED) is 0.700. The van der Waals surface area contributed by atoms with Crippen molar-refractivity contribution in [2.75, 3.05) is 19.8 Å². The first-order valence-electron chi connectivity index (χ1n) is 10.7. The Hall–Kier alpha value is -2.85. The average Bonchev–Trinajstić information content (AvgIpc) is 3.05. The van der Waals surface area contributed by atoms with E-state index in [0.717, 1.165) is 6.42 Å². The van der Waals surface area contributed by atoms with Crippen LogP contribution in [0, 0.1) is 0 Å². The zero-order chi connectivity index (χ0) is 20.7. The molecule has 2 heterocycles. The van der Waals surface area contributed by atoms with Crippen LogP contribution in [0.1, 0.15) is 37.3 Å². The van der Waals surface area contributed by atoms with Gasteiger partial charge in [-0.1, -0.05) is 66.3 Å². The van der Waals surface area contributed by atoms with Gasteiger partial charge in [0, 0.05) is 5.92 Å². The number of nitrogens with zero attached hydrogens (tertiary/aromatic N) is 1. The van der Waals surface area contributed by atoms with Crippen molar-refractivity contribution in [2.24, 2.45) is 0 Å². The van der Waals surface area contributed by atoms with Gasteiger partial charge in [-0.3, -0.25) is 4.90 Å². The van der Waals surface area contributed by atoms with E-state index in [1.54, 1.807) is 0 Å². The molecule has 5 rings (SSSR count). The predicted molar refractivity (Wildman–Crippen MR) is 117 cm³/mol. The van der Waals surface area contributed by atoms with Crippen molar-refractivity contribution in [2.45, 2.75) is 38.3 Å². The van der Waals surface area contributed by atoms with Crippen LogP contribution in [0.5, 0.6) is 0 Å². The van der Waals surface area contributed by atoms with Crippen molar-refractivity contribution in [3.05, 3.63) is 83.0 Å². The smallest absolute Gasteiger partial charge is 0.410 e. The van der Waals surface area contributed by atoms with E-state index in [1.807, 2.05) is 4.90 Å². The van der Waals surface area contributed by atoms with E-state index in [2.05, 4.69) is 74.5 Å². The Morgan fingerprint density at radius 2 is 1.73 bits per heavy atom. The summed E-state index contributed by atoms with van der Waals surface area (Å²) in [5, 5.41) is 0. The number of benzene rings is 2. The van der Waals surface area contributed by atoms with Crippen LogP contribution in [-0.2, 0) is 9.47 Å². The summed E-state index contributed by atoms with van der Waals surface area (Å²) in [6.07, 6.45) is 4.94. The molecule has 0 saturated carbocycles. The Morgan fingerprint density at radius 1 is 1.07 bits per heavy atom. The minimum Gasteiger partial charge on any atom is -0.448 e. The predicted octanol–water partition coefficient (Wildman–Crippen LogP) is 5.30. The normalized spacial score (nSPS) is 22.1. The van der Waals surface area contributed by atoms with Gasteiger partial charge < -0.3 is 9.47 Å². The SMILES string of the molecule is CC(C)=CC1=CC2COCC(C1)N2C(=O)OCC1c2ccccc2-c2ccccc21. The molecule has 2 aliphatic heterocycles. The molecule has 2 atom stereocenters. The Kier molecular flexibility index (Phi) is 4.95. The number of rotatable bonds is 3. The lowest BCUT2D eigenvalue weighted by Gasteiger charge is -2.43. The molecular formula is C26H27NO3. The van der Waals surface area contributed by atoms with Gasteiger partial charge in [-0.15, -0.1) is 0 Å². The number of morpholine rings is 1. The third-order valence-corrected chi connectivity index (χ3v) is 6.25. The van der Waals surface area contributed by atoms with Gasteiger partial charge >= 0.3 is 6.09 Å². The zero-order valence-electron chi connectivity index (χ0n) is 17.5. The van der Waals surface area contributed by atoms with Crippen LogP contribution in [0.4, 0.5) is 4.79 Å². The highest BCUT2D eigenvalue weighted by molar-refractivity contribution is 5.79. The maximum atomic E-state index is 13.1. The molecule has 1 amide bonds. The Bertz CT molecular complexity index is 989. The fourth-order valence-corrected chi connectivity index (χ4v) is 5.06. The molecule has 0 aromatic heterocycles. The average molecular weight is 402 g/mol. The Morgan fingerprint density at radius 3 is 2.37 bits per heavy atom. The number of amides is 1. The molecule has 1 fully saturated rings. The minimum absolute atomic E-state index is 0.0370. The standard InChI is InChI=1S/C26H27NO3/c1-17(2)11-18-12-19-14-29-15-20(13-18)27(19)26(28)30-16-25-23-9-5-3-7-21(23)22-8-4-6-10-24(22)25/h3-12,19-20,25H,13-16H2,1-2H3. The second-order valence-electron chi connectivity index (χ2n) is 8.64. The van der Waals surface area contributed by atoms with Crippen LogP contribution in [0.2, 0.25) is 0 Å². The summed E-state index contributed by atoms with van der Waals surface area (Å²) in [5.74, 6) is 0.0824. The van der Waals surface area contributed by atoms with Crippen molar-refractivity contribution in [3.8, 4) is 11.1 Å². The topological polar surface area (TPSA) is 38.8 Å². The summed E-state index contributed by atoms with van der Waals surface area (Å²) in [6.45, 7) is 5.65. The lowest BCUT2D eigenvalue weighted by atomic mass is 9.93. The first kappa shape index (κ1) is 19.1. The summed E-state index contributed by atoms with van der Waals surface area (Å²) in [7, 11) is 0. The molecule has 4 heteroatoms. The lowest BCUT2D eigenvalue weighted by molar-refractivity contribution is -0.0356. The minimum atomic E-state index is -0.234. The molecule has 3 aliphatic rings. The fraction of sp³-hybridized carbons (Fsp3) is 0.346. The van der Waals surface area contributed by atoms with Crippen molar-refractivity contribution < 1.29 is 14.3 Å². The molecule has 154 valence electrons. The Labute approximate surface area is 177 Å². The molecule has 0 N–H and O–H groups in total. The first-order valence-corrected chi connectivity index (χ1v) is 10.7. The first-order chi connectivity index (χ1) is 14.6. The molecule has 0 radical (unpaired) electrons. The third kappa shape index (κ3) is 3.35. The van der Waals surface area contributed by atoms with Crippen LogP contribution in [0.25, 0.3) is 11.1 Å². The molecule has 2 aromatic carbocycles. The number of hydrogen-bond donors (Lipinski definition) is 0. The molecule has 2 aromatic rings. The molecule has 1 aliphatic carbocycles. The van der Waals surface area contributed by atoms with Crippen LogP contribution < -0.4 is 0 Å². The van der Waals surface area contributed by atoms with Crippen LogP contribution >= 0.6 is 0 Å². The molecule has 0 spiro atoms. The van der Waals surface area contributed by atoms with Gasteiger partial charge in [0.2, 0.25) is 0 Å². The second-order valence-corrected chi connectivity index (χ2v) is 8.64. The molecule has 4 nitrogen and oxygen atoms in total. The van der Waals surface area contributed by atoms with Gasteiger partial charge in [0.25, 0.3) is 0 Å². The maximum absolute atomic E-state index is 13.1. The lowest BCUT2D eigenvalue weighted by Crippen LogP contribution is -2.56. The highest BCUT2D eigenvalue weighted by atomic mass is 16.6. The van der Waals surface area contributed by atoms with Gasteiger partial charge in [-0.25, -0.2) is 4.79 Å². The zero-order valence-corrected chi connectivity index (χ0v) is 17.5. The maximum Gasteiger partial charge on any atom is 0.410 e. The molecular weight excluding hydrogens is 374 g/mol. The summed E-state index contributed by atoms with van der Waals surface area (Å²) in [6, 6.07) is 16.8. The molecule has 2 unspecified atom stereocenters. The Balaban J connectivity index is 1.35. The van der Waals surface area contributed by atoms with E-state index in [-0.39, 0.29) is 24.1 Å². The van der Waals surface area contributed by atoms with Gasteiger partial charge in [-0.05, 0) is 48.1 Å². The van der Waals surface area contributed by atoms with E-state index >= 15 is 0 Å². The van der Waals surface area contributed by atoms with E-state index in [0.29, 0.717) is 19.8 Å². The van der Waals surface area contributed by atoms with E-state index < -0.39 is 0 Å². The molecule has 30 heavy (non-hydrogen) atoms. The monoisotopic (exact) mass is 401 g/mol. The third-order valence-electron chi connectivity index (χ3n) is 6.25. The second kappa shape index (κ2) is 7.77. The summed E-state index contributed by atoms with van der Waals surface area (Å²) in [5.41, 5.74) is 7.52. The number of ether oxygens (including phenoxy) is 2. The highest BCUT2D eigenvalue weighted by Crippen LogP contribution is 2.44. The van der Waals surface area contributed by atoms with E-state index in [1.165, 1.54) is 33.4 Å². The van der Waals surface area contributed by atoms with Crippen molar-refractivity contribution in [1.29, 1.82) is 0 Å². The van der Waals surface area contributed by atoms with E-state index in [4.69, 9.17) is 9.47 Å². The van der Waals surface area contributed by atoms with Gasteiger partial charge in [0.1, 0.15) is 6.61 Å². The summed E-state index contributed by atoms with van der Waals surface area (Å²) < 4.78 is 11.6. The molecule has 2 bridgehead atoms. The fourth-order valence-electron chi connectivity index (χ4n) is 5.06. The van der Waals surface area contributed by atoms with Gasteiger partial charge in [0.05, 0.1) is 25.3 Å².